The van der Waals surface area contributed by atoms with E-state index in [1.807, 2.05) is 0 Å². The van der Waals surface area contributed by atoms with E-state index >= 15 is 0 Å². The van der Waals surface area contributed by atoms with Gasteiger partial charge in [0.1, 0.15) is 0 Å². The third-order valence-corrected chi connectivity index (χ3v) is 0. The molecule has 0 rings (SSSR count). The van der Waals surface area contributed by atoms with E-state index in [1.54, 1.807) is 0 Å². The van der Waals surface area contributed by atoms with E-state index in [0.29, 0.717) is 0 Å². The second-order valence-electron chi connectivity index (χ2n) is 0. The van der Waals surface area contributed by atoms with E-state index < -0.39 is 0 Å². The largest absolute Gasteiger partial charge is 2.00 e. The SMILES string of the molecule is [Cd+2].[Cd+2].[S-2].[S-2].[Se-2].[Zn+2].[Zn+2]. The zero-order valence-corrected chi connectivity index (χ0v) is 21.4. The van der Waals surface area contributed by atoms with Gasteiger partial charge in [0.2, 0.25) is 0 Å². The zero-order valence-electron chi connectivity index (χ0n) is 4.05. The van der Waals surface area contributed by atoms with Crippen molar-refractivity contribution in [3.05, 3.63) is 0 Å². The average molecular weight is 499 g/mol. The monoisotopic (exact) mass is 500 g/mol. The van der Waals surface area contributed by atoms with Gasteiger partial charge in [-0.3, -0.25) is 0 Å². The van der Waals surface area contributed by atoms with Crippen molar-refractivity contribution in [3.63, 3.8) is 0 Å². The van der Waals surface area contributed by atoms with Crippen LogP contribution in [-0.2, 0) is 121 Å². The fraction of sp³-hybridized carbons (Fsp3) is 0. The zero-order chi connectivity index (χ0) is 0. The Morgan fingerprint density at radius 1 is 0.571 bits per heavy atom. The van der Waals surface area contributed by atoms with Crippen LogP contribution in [-0.4, -0.2) is 17.1 Å². The van der Waals surface area contributed by atoms with E-state index in [2.05, 4.69) is 0 Å². The molecule has 0 saturated heterocycles. The Morgan fingerprint density at radius 2 is 0.571 bits per heavy atom. The second kappa shape index (κ2) is 48.1. The summed E-state index contributed by atoms with van der Waals surface area (Å²) in [5, 5.41) is 0. The summed E-state index contributed by atoms with van der Waals surface area (Å²) < 4.78 is 0. The van der Waals surface area contributed by atoms with Crippen LogP contribution in [0.5, 0.6) is 0 Å². The molecule has 0 bridgehead atoms. The standard InChI is InChI=1S/2Cd.2S.Se.2Zn/q2*+2;3*-2;2*+2. The Hall–Kier alpha value is 4.31. The van der Waals surface area contributed by atoms with Gasteiger partial charge in [-0.25, -0.2) is 0 Å². The first-order chi connectivity index (χ1) is 0. The molecule has 7 heteroatoms. The molecule has 0 aromatic carbocycles. The van der Waals surface area contributed by atoms with Crippen molar-refractivity contribution < 1.29 is 93.6 Å². The molecule has 0 aliphatic heterocycles. The molecular formula is Cd2S2SeZn2+2. The van der Waals surface area contributed by atoms with Crippen LogP contribution in [0.25, 0.3) is 0 Å². The van der Waals surface area contributed by atoms with Crippen LogP contribution in [0.1, 0.15) is 0 Å². The van der Waals surface area contributed by atoms with Gasteiger partial charge in [0.25, 0.3) is 0 Å². The molecule has 0 heterocycles. The maximum Gasteiger partial charge on any atom is 2.00 e. The Labute approximate surface area is 135 Å². The topological polar surface area (TPSA) is 0 Å². The third kappa shape index (κ3) is 38.3. The van der Waals surface area contributed by atoms with Gasteiger partial charge < -0.3 is 44.1 Å². The molecule has 0 aromatic rings. The molecule has 0 atom stereocenters. The summed E-state index contributed by atoms with van der Waals surface area (Å²) in [5.74, 6) is 0. The molecule has 0 unspecified atom stereocenters. The van der Waals surface area contributed by atoms with E-state index in [4.69, 9.17) is 0 Å². The first kappa shape index (κ1) is 64.7. The van der Waals surface area contributed by atoms with Crippen molar-refractivity contribution in [3.8, 4) is 0 Å². The molecule has 0 aromatic heterocycles. The van der Waals surface area contributed by atoms with Gasteiger partial charge in [0.05, 0.1) is 0 Å². The van der Waals surface area contributed by atoms with Gasteiger partial charge in [-0.2, -0.15) is 0 Å². The fourth-order valence-electron chi connectivity index (χ4n) is 0. The number of rotatable bonds is 0. The van der Waals surface area contributed by atoms with Crippen molar-refractivity contribution >= 4 is 44.1 Å². The van der Waals surface area contributed by atoms with Crippen LogP contribution in [0.3, 0.4) is 0 Å². The van der Waals surface area contributed by atoms with Crippen molar-refractivity contribution in [1.29, 1.82) is 0 Å². The number of hydrogen-bond donors (Lipinski definition) is 0. The van der Waals surface area contributed by atoms with Gasteiger partial charge >= 0.3 is 93.6 Å². The van der Waals surface area contributed by atoms with Gasteiger partial charge in [0.15, 0.2) is 0 Å². The van der Waals surface area contributed by atoms with Crippen LogP contribution in [0.15, 0.2) is 0 Å². The van der Waals surface area contributed by atoms with Gasteiger partial charge in [0, 0.05) is 0 Å². The average Bonchev–Trinajstić information content (AvgIpc) is 0. The van der Waals surface area contributed by atoms with Gasteiger partial charge in [-0.15, -0.1) is 0 Å². The molecule has 0 radical (unpaired) electrons. The predicted molar refractivity (Wildman–Crippen MR) is 20.5 cm³/mol. The summed E-state index contributed by atoms with van der Waals surface area (Å²) in [5.41, 5.74) is 0. The molecule has 0 spiro atoms. The molecule has 0 amide bonds. The van der Waals surface area contributed by atoms with Crippen LogP contribution in [0.2, 0.25) is 0 Å². The van der Waals surface area contributed by atoms with E-state index in [9.17, 15) is 0 Å². The summed E-state index contributed by atoms with van der Waals surface area (Å²) >= 11 is 0. The van der Waals surface area contributed by atoms with Gasteiger partial charge in [-0.05, 0) is 0 Å². The smallest absolute Gasteiger partial charge is 2.00 e. The quantitative estimate of drug-likeness (QED) is 0.399. The summed E-state index contributed by atoms with van der Waals surface area (Å²) in [6.07, 6.45) is 0. The van der Waals surface area contributed by atoms with Crippen LogP contribution in [0.4, 0.5) is 0 Å². The van der Waals surface area contributed by atoms with Crippen molar-refractivity contribution in [2.24, 2.45) is 0 Å². The minimum atomic E-state index is 0. The van der Waals surface area contributed by atoms with E-state index in [0.717, 1.165) is 0 Å². The second-order valence-corrected chi connectivity index (χ2v) is 0. The first-order valence-corrected chi connectivity index (χ1v) is 0. The normalized spacial score (nSPS) is 0. The summed E-state index contributed by atoms with van der Waals surface area (Å²) in [7, 11) is 0. The molecule has 7 heavy (non-hydrogen) atoms. The minimum absolute atomic E-state index is 0. The Balaban J connectivity index is 0. The summed E-state index contributed by atoms with van der Waals surface area (Å²) in [4.78, 5) is 0. The van der Waals surface area contributed by atoms with Crippen molar-refractivity contribution in [2.45, 2.75) is 0 Å². The molecule has 0 N–H and O–H groups in total. The molecule has 24 valence electrons. The molecule has 0 saturated carbocycles. The Kier molecular flexibility index (Phi) is 445. The third-order valence-electron chi connectivity index (χ3n) is 0. The maximum atomic E-state index is 0. The van der Waals surface area contributed by atoms with E-state index in [-0.39, 0.29) is 138 Å². The first-order valence-electron chi connectivity index (χ1n) is 0. The predicted octanol–water partition coefficient (Wildman–Crippen LogP) is -0.396. The summed E-state index contributed by atoms with van der Waals surface area (Å²) in [6, 6.07) is 0. The molecule has 0 aliphatic carbocycles. The minimum Gasteiger partial charge on any atom is -2.00 e. The molecule has 0 aliphatic rings. The van der Waals surface area contributed by atoms with Crippen LogP contribution >= 0.6 is 0 Å². The van der Waals surface area contributed by atoms with Gasteiger partial charge in [-0.1, -0.05) is 0 Å². The van der Waals surface area contributed by atoms with E-state index in [1.165, 1.54) is 0 Å². The Morgan fingerprint density at radius 3 is 0.571 bits per heavy atom. The molecular weight excluding hydrogens is 499 g/mol. The summed E-state index contributed by atoms with van der Waals surface area (Å²) in [6.45, 7) is 0. The van der Waals surface area contributed by atoms with Crippen molar-refractivity contribution in [2.75, 3.05) is 0 Å². The molecule has 0 fully saturated rings. The fourth-order valence-corrected chi connectivity index (χ4v) is 0. The molecule has 0 nitrogen and oxygen atoms in total. The van der Waals surface area contributed by atoms with Crippen LogP contribution < -0.4 is 0 Å². The van der Waals surface area contributed by atoms with Crippen molar-refractivity contribution in [1.82, 2.24) is 0 Å². The Bertz CT molecular complexity index is 13.7. The van der Waals surface area contributed by atoms with Crippen LogP contribution in [0, 0.1) is 0 Å². The maximum absolute atomic E-state index is 0. The number of hydrogen-bond acceptors (Lipinski definition) is 0.